The van der Waals surface area contributed by atoms with Gasteiger partial charge in [0.1, 0.15) is 27.5 Å². The zero-order valence-corrected chi connectivity index (χ0v) is 12.6. The van der Waals surface area contributed by atoms with Crippen LogP contribution in [0.5, 0.6) is 5.75 Å². The Morgan fingerprint density at radius 3 is 2.86 bits per heavy atom. The number of nitrogens with one attached hydrogen (secondary N) is 1. The van der Waals surface area contributed by atoms with Gasteiger partial charge in [-0.05, 0) is 31.5 Å². The second-order valence-corrected chi connectivity index (χ2v) is 5.79. The number of hydrogen-bond acceptors (Lipinski definition) is 5. The van der Waals surface area contributed by atoms with Gasteiger partial charge in [0, 0.05) is 6.54 Å². The SMILES string of the molecule is CC(C)Oc1c(NCc2cccc(F)c2)sc(C#N)c1N. The molecule has 0 fully saturated rings. The summed E-state index contributed by atoms with van der Waals surface area (Å²) in [6.07, 6.45) is -0.0526. The molecular formula is C15H16FN3OS. The maximum Gasteiger partial charge on any atom is 0.178 e. The van der Waals surface area contributed by atoms with E-state index in [1.165, 1.54) is 23.5 Å². The summed E-state index contributed by atoms with van der Waals surface area (Å²) in [5.74, 6) is 0.208. The predicted molar refractivity (Wildman–Crippen MR) is 82.9 cm³/mol. The zero-order chi connectivity index (χ0) is 15.4. The first kappa shape index (κ1) is 15.1. The highest BCUT2D eigenvalue weighted by molar-refractivity contribution is 7.17. The highest BCUT2D eigenvalue weighted by atomic mass is 32.1. The summed E-state index contributed by atoms with van der Waals surface area (Å²) in [4.78, 5) is 0.410. The van der Waals surface area contributed by atoms with Crippen molar-refractivity contribution in [1.82, 2.24) is 0 Å². The fourth-order valence-corrected chi connectivity index (χ4v) is 2.66. The van der Waals surface area contributed by atoms with E-state index >= 15 is 0 Å². The van der Waals surface area contributed by atoms with Crippen molar-refractivity contribution >= 4 is 22.0 Å². The van der Waals surface area contributed by atoms with Crippen molar-refractivity contribution in [2.75, 3.05) is 11.1 Å². The summed E-state index contributed by atoms with van der Waals surface area (Å²) in [5, 5.41) is 12.9. The third kappa shape index (κ3) is 3.64. The van der Waals surface area contributed by atoms with Gasteiger partial charge in [-0.1, -0.05) is 12.1 Å². The molecule has 0 aliphatic carbocycles. The van der Waals surface area contributed by atoms with Gasteiger partial charge in [-0.3, -0.25) is 0 Å². The van der Waals surface area contributed by atoms with Crippen LogP contribution >= 0.6 is 11.3 Å². The maximum absolute atomic E-state index is 13.2. The molecule has 0 aliphatic rings. The van der Waals surface area contributed by atoms with Gasteiger partial charge >= 0.3 is 0 Å². The van der Waals surface area contributed by atoms with Gasteiger partial charge in [-0.15, -0.1) is 11.3 Å². The number of rotatable bonds is 5. The summed E-state index contributed by atoms with van der Waals surface area (Å²) < 4.78 is 18.8. The number of benzene rings is 1. The molecular weight excluding hydrogens is 289 g/mol. The quantitative estimate of drug-likeness (QED) is 0.882. The van der Waals surface area contributed by atoms with Gasteiger partial charge in [0.05, 0.1) is 6.10 Å². The van der Waals surface area contributed by atoms with Gasteiger partial charge in [0.25, 0.3) is 0 Å². The van der Waals surface area contributed by atoms with Crippen LogP contribution in [0.15, 0.2) is 24.3 Å². The molecule has 2 aromatic rings. The van der Waals surface area contributed by atoms with Gasteiger partial charge in [-0.25, -0.2) is 4.39 Å². The number of nitrogen functional groups attached to an aromatic ring is 1. The minimum atomic E-state index is -0.281. The van der Waals surface area contributed by atoms with E-state index in [-0.39, 0.29) is 11.9 Å². The molecule has 0 saturated carbocycles. The predicted octanol–water partition coefficient (Wildman–Crippen LogP) is 3.74. The topological polar surface area (TPSA) is 71.1 Å². The third-order valence-corrected chi connectivity index (χ3v) is 3.75. The molecule has 1 heterocycles. The molecule has 0 atom stereocenters. The van der Waals surface area contributed by atoms with Crippen molar-refractivity contribution in [2.24, 2.45) is 0 Å². The molecule has 0 amide bonds. The van der Waals surface area contributed by atoms with E-state index in [0.717, 1.165) is 5.56 Å². The zero-order valence-electron chi connectivity index (χ0n) is 11.8. The number of nitriles is 1. The summed E-state index contributed by atoms with van der Waals surface area (Å²) in [7, 11) is 0. The van der Waals surface area contributed by atoms with E-state index in [0.29, 0.717) is 27.9 Å². The maximum atomic E-state index is 13.2. The van der Waals surface area contributed by atoms with E-state index in [4.69, 9.17) is 15.7 Å². The largest absolute Gasteiger partial charge is 0.486 e. The number of halogens is 1. The first-order valence-corrected chi connectivity index (χ1v) is 7.30. The van der Waals surface area contributed by atoms with Crippen LogP contribution in [0.1, 0.15) is 24.3 Å². The highest BCUT2D eigenvalue weighted by Gasteiger charge is 2.18. The number of nitrogens with two attached hydrogens (primary N) is 1. The van der Waals surface area contributed by atoms with Gasteiger partial charge in [-0.2, -0.15) is 5.26 Å². The summed E-state index contributed by atoms with van der Waals surface area (Å²) >= 11 is 1.24. The number of nitrogens with zero attached hydrogens (tertiary/aromatic N) is 1. The van der Waals surface area contributed by atoms with Crippen LogP contribution in [0, 0.1) is 17.1 Å². The minimum absolute atomic E-state index is 0.0526. The van der Waals surface area contributed by atoms with Gasteiger partial charge < -0.3 is 15.8 Å². The average molecular weight is 305 g/mol. The lowest BCUT2D eigenvalue weighted by atomic mass is 10.2. The molecule has 2 rings (SSSR count). The Bertz CT molecular complexity index is 676. The van der Waals surface area contributed by atoms with E-state index < -0.39 is 0 Å². The van der Waals surface area contributed by atoms with Crippen molar-refractivity contribution in [3.05, 3.63) is 40.5 Å². The van der Waals surface area contributed by atoms with Gasteiger partial charge in [0.2, 0.25) is 0 Å². The Morgan fingerprint density at radius 2 is 2.24 bits per heavy atom. The molecule has 0 radical (unpaired) electrons. The normalized spacial score (nSPS) is 10.4. The highest BCUT2D eigenvalue weighted by Crippen LogP contribution is 2.42. The standard InChI is InChI=1S/C15H16FN3OS/c1-9(2)20-14-13(18)12(7-17)21-15(14)19-8-10-4-3-5-11(16)6-10/h3-6,9,19H,8,18H2,1-2H3. The van der Waals surface area contributed by atoms with Crippen molar-refractivity contribution in [2.45, 2.75) is 26.5 Å². The van der Waals surface area contributed by atoms with E-state index in [1.54, 1.807) is 6.07 Å². The number of ether oxygens (including phenoxy) is 1. The fourth-order valence-electron chi connectivity index (χ4n) is 1.81. The Hall–Kier alpha value is -2.26. The average Bonchev–Trinajstić information content (AvgIpc) is 2.73. The Morgan fingerprint density at radius 1 is 1.48 bits per heavy atom. The van der Waals surface area contributed by atoms with Crippen LogP contribution in [-0.4, -0.2) is 6.10 Å². The number of thiophene rings is 1. The van der Waals surface area contributed by atoms with Crippen molar-refractivity contribution in [3.8, 4) is 11.8 Å². The summed E-state index contributed by atoms with van der Waals surface area (Å²) in [6, 6.07) is 8.38. The van der Waals surface area contributed by atoms with Gasteiger partial charge in [0.15, 0.2) is 5.75 Å². The molecule has 3 N–H and O–H groups in total. The molecule has 21 heavy (non-hydrogen) atoms. The lowest BCUT2D eigenvalue weighted by Gasteiger charge is -2.12. The molecule has 1 aromatic heterocycles. The van der Waals surface area contributed by atoms with Crippen LogP contribution in [0.25, 0.3) is 0 Å². The second-order valence-electron chi connectivity index (χ2n) is 4.76. The van der Waals surface area contributed by atoms with Crippen LogP contribution in [0.2, 0.25) is 0 Å². The van der Waals surface area contributed by atoms with E-state index in [1.807, 2.05) is 19.9 Å². The van der Waals surface area contributed by atoms with E-state index in [9.17, 15) is 4.39 Å². The molecule has 0 spiro atoms. The van der Waals surface area contributed by atoms with Crippen LogP contribution < -0.4 is 15.8 Å². The number of hydrogen-bond donors (Lipinski definition) is 2. The summed E-state index contributed by atoms with van der Waals surface area (Å²) in [6.45, 7) is 4.20. The Kier molecular flexibility index (Phi) is 4.66. The number of anilines is 2. The summed E-state index contributed by atoms with van der Waals surface area (Å²) in [5.41, 5.74) is 7.07. The minimum Gasteiger partial charge on any atom is -0.486 e. The smallest absolute Gasteiger partial charge is 0.178 e. The third-order valence-electron chi connectivity index (χ3n) is 2.70. The van der Waals surface area contributed by atoms with Crippen LogP contribution in [-0.2, 0) is 6.54 Å². The molecule has 110 valence electrons. The van der Waals surface area contributed by atoms with Crippen LogP contribution in [0.3, 0.4) is 0 Å². The molecule has 0 saturated heterocycles. The Balaban J connectivity index is 2.21. The van der Waals surface area contributed by atoms with E-state index in [2.05, 4.69) is 11.4 Å². The molecule has 0 aliphatic heterocycles. The molecule has 1 aromatic carbocycles. The van der Waals surface area contributed by atoms with Crippen molar-refractivity contribution in [1.29, 1.82) is 5.26 Å². The van der Waals surface area contributed by atoms with Crippen molar-refractivity contribution in [3.63, 3.8) is 0 Å². The molecule has 0 unspecified atom stereocenters. The fraction of sp³-hybridized carbons (Fsp3) is 0.267. The first-order chi connectivity index (χ1) is 10.0. The van der Waals surface area contributed by atoms with Crippen LogP contribution in [0.4, 0.5) is 15.1 Å². The molecule has 4 nitrogen and oxygen atoms in total. The second kappa shape index (κ2) is 6.46. The lowest BCUT2D eigenvalue weighted by molar-refractivity contribution is 0.246. The van der Waals surface area contributed by atoms with Crippen molar-refractivity contribution < 1.29 is 9.13 Å². The molecule has 0 bridgehead atoms. The first-order valence-electron chi connectivity index (χ1n) is 6.48. The lowest BCUT2D eigenvalue weighted by Crippen LogP contribution is -2.08. The monoisotopic (exact) mass is 305 g/mol. The molecule has 6 heteroatoms. The Labute approximate surface area is 127 Å².